The normalized spacial score (nSPS) is 17.1. The molecule has 1 heterocycles. The average Bonchev–Trinajstić information content (AvgIpc) is 3.19. The highest BCUT2D eigenvalue weighted by Gasteiger charge is 2.26. The van der Waals surface area contributed by atoms with Gasteiger partial charge in [-0.15, -0.1) is 0 Å². The summed E-state index contributed by atoms with van der Waals surface area (Å²) >= 11 is 0. The van der Waals surface area contributed by atoms with E-state index < -0.39 is 24.0 Å². The third kappa shape index (κ3) is 3.87. The number of urea groups is 1. The summed E-state index contributed by atoms with van der Waals surface area (Å²) < 4.78 is 10.4. The standard InChI is InChI=1S/C16H18N2O5/c1-9(14(19)18-16(21)17-13-4-5-13)23-15(20)10-2-3-11-7-22-8-12(11)6-10/h2-3,6,9,13H,4-5,7-8H2,1H3,(H2,17,18,19,21). The largest absolute Gasteiger partial charge is 0.449 e. The van der Waals surface area contributed by atoms with E-state index in [9.17, 15) is 14.4 Å². The van der Waals surface area contributed by atoms with E-state index in [1.54, 1.807) is 12.1 Å². The van der Waals surface area contributed by atoms with Crippen LogP contribution in [0.25, 0.3) is 0 Å². The Hall–Kier alpha value is -2.41. The molecule has 1 aromatic carbocycles. The quantitative estimate of drug-likeness (QED) is 0.815. The van der Waals surface area contributed by atoms with Crippen LogP contribution < -0.4 is 10.6 Å². The van der Waals surface area contributed by atoms with Crippen molar-refractivity contribution in [3.63, 3.8) is 0 Å². The number of fused-ring (bicyclic) bond motifs is 1. The Bertz CT molecular complexity index is 654. The van der Waals surface area contributed by atoms with E-state index in [0.717, 1.165) is 24.0 Å². The van der Waals surface area contributed by atoms with Crippen LogP contribution in [0.15, 0.2) is 18.2 Å². The molecular formula is C16H18N2O5. The molecule has 122 valence electrons. The van der Waals surface area contributed by atoms with Crippen LogP contribution in [0.1, 0.15) is 41.3 Å². The number of carbonyl (C=O) groups excluding carboxylic acids is 3. The summed E-state index contributed by atoms with van der Waals surface area (Å²) in [5.74, 6) is -1.26. The third-order valence-electron chi connectivity index (χ3n) is 3.76. The number of hydrogen-bond acceptors (Lipinski definition) is 5. The predicted molar refractivity (Wildman–Crippen MR) is 79.5 cm³/mol. The third-order valence-corrected chi connectivity index (χ3v) is 3.76. The van der Waals surface area contributed by atoms with E-state index in [-0.39, 0.29) is 6.04 Å². The van der Waals surface area contributed by atoms with Gasteiger partial charge in [-0.2, -0.15) is 0 Å². The minimum Gasteiger partial charge on any atom is -0.449 e. The number of imide groups is 1. The smallest absolute Gasteiger partial charge is 0.338 e. The molecule has 2 N–H and O–H groups in total. The summed E-state index contributed by atoms with van der Waals surface area (Å²) in [7, 11) is 0. The fourth-order valence-electron chi connectivity index (χ4n) is 2.24. The van der Waals surface area contributed by atoms with Crippen molar-refractivity contribution >= 4 is 17.9 Å². The summed E-state index contributed by atoms with van der Waals surface area (Å²) in [5, 5.41) is 4.79. The summed E-state index contributed by atoms with van der Waals surface area (Å²) in [6, 6.07) is 4.74. The number of carbonyl (C=O) groups is 3. The fourth-order valence-corrected chi connectivity index (χ4v) is 2.24. The zero-order valence-corrected chi connectivity index (χ0v) is 12.8. The van der Waals surface area contributed by atoms with Gasteiger partial charge in [-0.25, -0.2) is 9.59 Å². The van der Waals surface area contributed by atoms with E-state index in [4.69, 9.17) is 9.47 Å². The molecule has 7 heteroatoms. The van der Waals surface area contributed by atoms with Crippen molar-refractivity contribution in [3.8, 4) is 0 Å². The molecule has 3 amide bonds. The lowest BCUT2D eigenvalue weighted by Gasteiger charge is -2.13. The molecule has 0 radical (unpaired) electrons. The highest BCUT2D eigenvalue weighted by Crippen LogP contribution is 2.21. The van der Waals surface area contributed by atoms with Gasteiger partial charge >= 0.3 is 12.0 Å². The zero-order valence-electron chi connectivity index (χ0n) is 12.8. The molecule has 1 unspecified atom stereocenters. The number of rotatable bonds is 4. The van der Waals surface area contributed by atoms with E-state index in [1.165, 1.54) is 6.92 Å². The monoisotopic (exact) mass is 318 g/mol. The molecule has 1 aliphatic heterocycles. The Morgan fingerprint density at radius 1 is 1.22 bits per heavy atom. The van der Waals surface area contributed by atoms with Crippen LogP contribution in [0.3, 0.4) is 0 Å². The van der Waals surface area contributed by atoms with Crippen LogP contribution in [0, 0.1) is 0 Å². The lowest BCUT2D eigenvalue weighted by molar-refractivity contribution is -0.127. The number of ether oxygens (including phenoxy) is 2. The minimum atomic E-state index is -1.06. The average molecular weight is 318 g/mol. The SMILES string of the molecule is CC(OC(=O)c1ccc2c(c1)COC2)C(=O)NC(=O)NC1CC1. The number of amides is 3. The van der Waals surface area contributed by atoms with Crippen molar-refractivity contribution in [3.05, 3.63) is 34.9 Å². The van der Waals surface area contributed by atoms with Gasteiger partial charge in [0.2, 0.25) is 0 Å². The lowest BCUT2D eigenvalue weighted by atomic mass is 10.1. The maximum Gasteiger partial charge on any atom is 0.338 e. The Labute approximate surface area is 133 Å². The molecule has 7 nitrogen and oxygen atoms in total. The molecule has 1 atom stereocenters. The van der Waals surface area contributed by atoms with Crippen molar-refractivity contribution in [2.45, 2.75) is 45.1 Å². The molecule has 1 aromatic rings. The first kappa shape index (κ1) is 15.5. The van der Waals surface area contributed by atoms with Crippen LogP contribution in [-0.2, 0) is 27.5 Å². The molecule has 0 saturated heterocycles. The van der Waals surface area contributed by atoms with Crippen molar-refractivity contribution in [2.24, 2.45) is 0 Å². The predicted octanol–water partition coefficient (Wildman–Crippen LogP) is 1.25. The summed E-state index contributed by atoms with van der Waals surface area (Å²) in [5.41, 5.74) is 2.35. The van der Waals surface area contributed by atoms with Gasteiger partial charge < -0.3 is 14.8 Å². The number of hydrogen-bond donors (Lipinski definition) is 2. The van der Waals surface area contributed by atoms with Gasteiger partial charge in [0.05, 0.1) is 18.8 Å². The second kappa shape index (κ2) is 6.37. The number of benzene rings is 1. The summed E-state index contributed by atoms with van der Waals surface area (Å²) in [6.07, 6.45) is 0.791. The van der Waals surface area contributed by atoms with Crippen LogP contribution in [-0.4, -0.2) is 30.1 Å². The molecule has 0 bridgehead atoms. The Morgan fingerprint density at radius 2 is 1.96 bits per heavy atom. The number of esters is 1. The molecule has 1 saturated carbocycles. The van der Waals surface area contributed by atoms with E-state index in [1.807, 2.05) is 6.07 Å². The van der Waals surface area contributed by atoms with Gasteiger partial charge in [0.25, 0.3) is 5.91 Å². The van der Waals surface area contributed by atoms with Crippen LogP contribution in [0.2, 0.25) is 0 Å². The molecule has 1 fully saturated rings. The fraction of sp³-hybridized carbons (Fsp3) is 0.438. The van der Waals surface area contributed by atoms with Gasteiger partial charge in [0.1, 0.15) is 0 Å². The van der Waals surface area contributed by atoms with Crippen molar-refractivity contribution in [1.29, 1.82) is 0 Å². The van der Waals surface area contributed by atoms with Gasteiger partial charge in [-0.05, 0) is 43.0 Å². The van der Waals surface area contributed by atoms with E-state index in [2.05, 4.69) is 10.6 Å². The lowest BCUT2D eigenvalue weighted by Crippen LogP contribution is -2.45. The molecule has 23 heavy (non-hydrogen) atoms. The Kier molecular flexibility index (Phi) is 4.29. The maximum atomic E-state index is 12.1. The van der Waals surface area contributed by atoms with E-state index in [0.29, 0.717) is 18.8 Å². The molecular weight excluding hydrogens is 300 g/mol. The highest BCUT2D eigenvalue weighted by atomic mass is 16.5. The Morgan fingerprint density at radius 3 is 2.70 bits per heavy atom. The topological polar surface area (TPSA) is 93.7 Å². The van der Waals surface area contributed by atoms with Crippen molar-refractivity contribution in [1.82, 2.24) is 10.6 Å². The number of nitrogens with one attached hydrogen (secondary N) is 2. The van der Waals surface area contributed by atoms with Crippen LogP contribution >= 0.6 is 0 Å². The van der Waals surface area contributed by atoms with Gasteiger partial charge in [-0.1, -0.05) is 6.07 Å². The maximum absolute atomic E-state index is 12.1. The molecule has 0 aromatic heterocycles. The zero-order chi connectivity index (χ0) is 16.4. The van der Waals surface area contributed by atoms with Gasteiger partial charge in [0.15, 0.2) is 6.10 Å². The van der Waals surface area contributed by atoms with Crippen LogP contribution in [0.4, 0.5) is 4.79 Å². The van der Waals surface area contributed by atoms with Crippen molar-refractivity contribution in [2.75, 3.05) is 0 Å². The second-order valence-electron chi connectivity index (χ2n) is 5.76. The first-order valence-electron chi connectivity index (χ1n) is 7.55. The second-order valence-corrected chi connectivity index (χ2v) is 5.76. The molecule has 0 spiro atoms. The molecule has 1 aliphatic carbocycles. The molecule has 2 aliphatic rings. The van der Waals surface area contributed by atoms with Crippen LogP contribution in [0.5, 0.6) is 0 Å². The summed E-state index contributed by atoms with van der Waals surface area (Å²) in [6.45, 7) is 2.43. The first-order chi connectivity index (χ1) is 11.0. The highest BCUT2D eigenvalue weighted by molar-refractivity contribution is 5.98. The minimum absolute atomic E-state index is 0.147. The van der Waals surface area contributed by atoms with E-state index >= 15 is 0 Å². The Balaban J connectivity index is 1.53. The first-order valence-corrected chi connectivity index (χ1v) is 7.55. The van der Waals surface area contributed by atoms with Gasteiger partial charge in [0, 0.05) is 6.04 Å². The molecule has 3 rings (SSSR count). The van der Waals surface area contributed by atoms with Gasteiger partial charge in [-0.3, -0.25) is 10.1 Å². The van der Waals surface area contributed by atoms with Crippen molar-refractivity contribution < 1.29 is 23.9 Å². The summed E-state index contributed by atoms with van der Waals surface area (Å²) in [4.78, 5) is 35.4.